The summed E-state index contributed by atoms with van der Waals surface area (Å²) in [6, 6.07) is 23.7. The van der Waals surface area contributed by atoms with E-state index in [4.69, 9.17) is 28.9 Å². The van der Waals surface area contributed by atoms with Crippen molar-refractivity contribution in [3.63, 3.8) is 0 Å². The SMILES string of the molecule is COC(=O)NC(C(=O)N1CC2(CC1c1nc3c(ccc4cc(-c5ccc6c(c5)CCc5[nH]c(C7CCCN7C(=O)C(NC(=O)OC)C(C)C)nc5-6)ccc43)[nH]1)OCCO2)c1ccccc1. The predicted octanol–water partition coefficient (Wildman–Crippen LogP) is 7.03. The maximum atomic E-state index is 14.5. The van der Waals surface area contributed by atoms with Crippen molar-refractivity contribution >= 4 is 45.8 Å². The Labute approximate surface area is 375 Å². The largest absolute Gasteiger partial charge is 0.453 e. The number of likely N-dealkylation sites (tertiary alicyclic amines) is 2. The number of aromatic nitrogens is 4. The molecule has 3 aliphatic heterocycles. The van der Waals surface area contributed by atoms with E-state index < -0.39 is 36.1 Å². The molecule has 336 valence electrons. The van der Waals surface area contributed by atoms with Crippen LogP contribution in [0, 0.1) is 5.92 Å². The molecule has 16 heteroatoms. The predicted molar refractivity (Wildman–Crippen MR) is 240 cm³/mol. The van der Waals surface area contributed by atoms with Gasteiger partial charge in [-0.25, -0.2) is 19.6 Å². The Hall–Kier alpha value is -6.78. The van der Waals surface area contributed by atoms with Crippen LogP contribution in [0.15, 0.2) is 78.9 Å². The number of imidazole rings is 2. The second-order valence-corrected chi connectivity index (χ2v) is 17.7. The fraction of sp³-hybridized carbons (Fsp3) is 0.388. The Bertz CT molecular complexity index is 2810. The number of hydrogen-bond donors (Lipinski definition) is 4. The second kappa shape index (κ2) is 17.0. The molecule has 1 spiro atoms. The van der Waals surface area contributed by atoms with E-state index >= 15 is 0 Å². The molecule has 0 radical (unpaired) electrons. The highest BCUT2D eigenvalue weighted by molar-refractivity contribution is 6.05. The van der Waals surface area contributed by atoms with Crippen LogP contribution in [0.25, 0.3) is 44.2 Å². The van der Waals surface area contributed by atoms with Crippen LogP contribution < -0.4 is 10.6 Å². The number of amides is 4. The summed E-state index contributed by atoms with van der Waals surface area (Å²) in [6.45, 7) is 5.43. The van der Waals surface area contributed by atoms with Crippen LogP contribution >= 0.6 is 0 Å². The number of nitrogens with one attached hydrogen (secondary N) is 4. The smallest absolute Gasteiger partial charge is 0.407 e. The summed E-state index contributed by atoms with van der Waals surface area (Å²) in [6.07, 6.45) is 2.31. The van der Waals surface area contributed by atoms with Crippen LogP contribution in [0.1, 0.15) is 79.7 Å². The molecule has 4 aliphatic rings. The van der Waals surface area contributed by atoms with E-state index in [1.807, 2.05) is 43.0 Å². The van der Waals surface area contributed by atoms with Gasteiger partial charge < -0.3 is 49.3 Å². The van der Waals surface area contributed by atoms with Crippen LogP contribution in [0.4, 0.5) is 9.59 Å². The van der Waals surface area contributed by atoms with E-state index in [1.54, 1.807) is 17.0 Å². The van der Waals surface area contributed by atoms with E-state index in [2.05, 4.69) is 63.1 Å². The molecule has 4 aromatic carbocycles. The third-order valence-electron chi connectivity index (χ3n) is 13.4. The number of benzene rings is 4. The number of methoxy groups -OCH3 is 2. The first-order chi connectivity index (χ1) is 31.5. The quantitative estimate of drug-likeness (QED) is 0.117. The van der Waals surface area contributed by atoms with Gasteiger partial charge in [0.1, 0.15) is 23.7 Å². The highest BCUT2D eigenvalue weighted by atomic mass is 16.7. The molecule has 2 aromatic heterocycles. The number of aryl methyl sites for hydroxylation is 2. The lowest BCUT2D eigenvalue weighted by Crippen LogP contribution is -2.51. The molecule has 1 aliphatic carbocycles. The van der Waals surface area contributed by atoms with Gasteiger partial charge in [0.25, 0.3) is 5.91 Å². The molecule has 0 saturated carbocycles. The normalized spacial score (nSPS) is 19.6. The molecule has 4 amide bonds. The average molecular weight is 881 g/mol. The van der Waals surface area contributed by atoms with Crippen LogP contribution in [0.3, 0.4) is 0 Å². The maximum Gasteiger partial charge on any atom is 0.407 e. The van der Waals surface area contributed by atoms with Crippen molar-refractivity contribution in [3.8, 4) is 22.4 Å². The monoisotopic (exact) mass is 880 g/mol. The van der Waals surface area contributed by atoms with Crippen LogP contribution in [-0.2, 0) is 41.4 Å². The molecule has 10 rings (SSSR count). The molecule has 16 nitrogen and oxygen atoms in total. The number of aromatic amines is 2. The number of hydrogen-bond acceptors (Lipinski definition) is 10. The molecular formula is C49H52N8O8. The van der Waals surface area contributed by atoms with E-state index in [9.17, 15) is 19.2 Å². The second-order valence-electron chi connectivity index (χ2n) is 17.7. The van der Waals surface area contributed by atoms with Crippen LogP contribution in [0.2, 0.25) is 0 Å². The van der Waals surface area contributed by atoms with Gasteiger partial charge in [-0.15, -0.1) is 0 Å². The summed E-state index contributed by atoms with van der Waals surface area (Å²) in [5.41, 5.74) is 8.68. The van der Waals surface area contributed by atoms with Gasteiger partial charge in [0.15, 0.2) is 5.79 Å². The van der Waals surface area contributed by atoms with E-state index in [0.717, 1.165) is 81.4 Å². The number of carbonyl (C=O) groups is 4. The van der Waals surface area contributed by atoms with Crippen LogP contribution in [-0.4, -0.2) is 106 Å². The van der Waals surface area contributed by atoms with Gasteiger partial charge in [-0.1, -0.05) is 80.6 Å². The maximum absolute atomic E-state index is 14.5. The molecular weight excluding hydrogens is 829 g/mol. The third kappa shape index (κ3) is 7.73. The highest BCUT2D eigenvalue weighted by Crippen LogP contribution is 2.44. The standard InChI is InChI=1S/C49H52N8O8/c1-27(2)39(54-47(60)62-3)45(58)56-20-8-11-37(56)43-50-35-18-14-31-23-29(12-16-33(31)41(35)52-43)30-13-17-34-32(24-30)15-19-36-42(34)53-44(51-36)38-25-49(64-21-22-65-49)26-57(38)46(59)40(55-48(61)63-4)28-9-6-5-7-10-28/h5-7,9-10,12-13,15-17,19,23-24,27,37-40H,8,11,14,18,20-22,25-26H2,1-4H3,(H,50,52)(H,51,53)(H,54,60)(H,55,61). The van der Waals surface area contributed by atoms with Crippen molar-refractivity contribution < 1.29 is 38.1 Å². The minimum Gasteiger partial charge on any atom is -0.453 e. The minimum absolute atomic E-state index is 0.114. The Morgan fingerprint density at radius 2 is 1.54 bits per heavy atom. The highest BCUT2D eigenvalue weighted by Gasteiger charge is 2.53. The lowest BCUT2D eigenvalue weighted by Gasteiger charge is -2.30. The first-order valence-electron chi connectivity index (χ1n) is 22.3. The number of ether oxygens (including phenoxy) is 4. The molecule has 5 heterocycles. The first-order valence-corrected chi connectivity index (χ1v) is 22.3. The van der Waals surface area contributed by atoms with Crippen molar-refractivity contribution in [2.45, 2.75) is 75.9 Å². The summed E-state index contributed by atoms with van der Waals surface area (Å²) >= 11 is 0. The molecule has 4 unspecified atom stereocenters. The van der Waals surface area contributed by atoms with Crippen molar-refractivity contribution in [2.75, 3.05) is 40.5 Å². The molecule has 0 bridgehead atoms. The van der Waals surface area contributed by atoms with Gasteiger partial charge in [-0.2, -0.15) is 0 Å². The van der Waals surface area contributed by atoms with E-state index in [-0.39, 0.29) is 30.3 Å². The molecule has 4 N–H and O–H groups in total. The summed E-state index contributed by atoms with van der Waals surface area (Å²) in [5, 5.41) is 7.45. The lowest BCUT2D eigenvalue weighted by molar-refractivity contribution is -0.153. The number of fused-ring (bicyclic) bond motifs is 6. The summed E-state index contributed by atoms with van der Waals surface area (Å²) < 4.78 is 22.0. The van der Waals surface area contributed by atoms with Gasteiger partial charge in [0, 0.05) is 29.6 Å². The minimum atomic E-state index is -1.00. The Kier molecular flexibility index (Phi) is 11.0. The van der Waals surface area contributed by atoms with E-state index in [0.29, 0.717) is 37.6 Å². The summed E-state index contributed by atoms with van der Waals surface area (Å²) in [5.74, 6) is -0.181. The van der Waals surface area contributed by atoms with Crippen molar-refractivity contribution in [3.05, 3.63) is 107 Å². The van der Waals surface area contributed by atoms with Gasteiger partial charge in [0.2, 0.25) is 5.91 Å². The Balaban J connectivity index is 0.914. The lowest BCUT2D eigenvalue weighted by atomic mass is 9.89. The van der Waals surface area contributed by atoms with Gasteiger partial charge >= 0.3 is 12.2 Å². The molecule has 65 heavy (non-hydrogen) atoms. The number of alkyl carbamates (subject to hydrolysis) is 2. The van der Waals surface area contributed by atoms with Gasteiger partial charge in [0.05, 0.1) is 62.8 Å². The van der Waals surface area contributed by atoms with Crippen LogP contribution in [0.5, 0.6) is 0 Å². The third-order valence-corrected chi connectivity index (χ3v) is 13.4. The fourth-order valence-corrected chi connectivity index (χ4v) is 10.1. The zero-order valence-corrected chi connectivity index (χ0v) is 36.8. The van der Waals surface area contributed by atoms with Gasteiger partial charge in [-0.05, 0) is 71.4 Å². The number of carbonyl (C=O) groups excluding carboxylic acids is 4. The molecule has 3 saturated heterocycles. The van der Waals surface area contributed by atoms with E-state index in [1.165, 1.54) is 19.8 Å². The summed E-state index contributed by atoms with van der Waals surface area (Å²) in [4.78, 5) is 73.8. The Morgan fingerprint density at radius 3 is 2.31 bits per heavy atom. The summed E-state index contributed by atoms with van der Waals surface area (Å²) in [7, 11) is 2.57. The molecule has 6 aromatic rings. The fourth-order valence-electron chi connectivity index (χ4n) is 10.1. The molecule has 4 atom stereocenters. The van der Waals surface area contributed by atoms with Crippen molar-refractivity contribution in [1.29, 1.82) is 0 Å². The van der Waals surface area contributed by atoms with Gasteiger partial charge in [-0.3, -0.25) is 9.59 Å². The Morgan fingerprint density at radius 1 is 0.800 bits per heavy atom. The molecule has 3 fully saturated rings. The first kappa shape index (κ1) is 42.2. The zero-order valence-electron chi connectivity index (χ0n) is 36.8. The van der Waals surface area contributed by atoms with Crippen molar-refractivity contribution in [1.82, 2.24) is 40.4 Å². The van der Waals surface area contributed by atoms with Crippen molar-refractivity contribution in [2.24, 2.45) is 5.92 Å². The topological polar surface area (TPSA) is 193 Å². The zero-order chi connectivity index (χ0) is 45.0. The number of H-pyrrole nitrogens is 2. The number of nitrogens with zero attached hydrogens (tertiary/aromatic N) is 4. The average Bonchev–Trinajstić information content (AvgIpc) is 4.19. The number of rotatable bonds is 9.